The van der Waals surface area contributed by atoms with Crippen LogP contribution in [-0.2, 0) is 4.79 Å². The number of para-hydroxylation sites is 1. The van der Waals surface area contributed by atoms with E-state index in [4.69, 9.17) is 5.73 Å². The zero-order valence-corrected chi connectivity index (χ0v) is 16.0. The van der Waals surface area contributed by atoms with Crippen LogP contribution in [0.5, 0.6) is 0 Å². The Kier molecular flexibility index (Phi) is 4.44. The van der Waals surface area contributed by atoms with Gasteiger partial charge in [-0.1, -0.05) is 48.5 Å². The number of aromatic nitrogens is 1. The molecule has 5 rings (SSSR count). The molecule has 1 aromatic heterocycles. The zero-order valence-electron chi connectivity index (χ0n) is 16.0. The van der Waals surface area contributed by atoms with Crippen LogP contribution >= 0.6 is 0 Å². The van der Waals surface area contributed by atoms with Crippen LogP contribution < -0.4 is 11.1 Å². The maximum absolute atomic E-state index is 13.0. The zero-order chi connectivity index (χ0) is 19.1. The summed E-state index contributed by atoms with van der Waals surface area (Å²) in [7, 11) is 0. The van der Waals surface area contributed by atoms with Crippen molar-refractivity contribution in [1.82, 2.24) is 10.3 Å². The molecule has 2 aliphatic rings. The maximum Gasteiger partial charge on any atom is 0.225 e. The highest BCUT2D eigenvalue weighted by Crippen LogP contribution is 2.47. The molecule has 4 nitrogen and oxygen atoms in total. The molecule has 2 bridgehead atoms. The summed E-state index contributed by atoms with van der Waals surface area (Å²) in [6.07, 6.45) is 5.56. The van der Waals surface area contributed by atoms with E-state index in [1.807, 2.05) is 12.1 Å². The van der Waals surface area contributed by atoms with E-state index in [2.05, 4.69) is 59.0 Å². The van der Waals surface area contributed by atoms with E-state index in [0.29, 0.717) is 18.4 Å². The molecule has 3 aromatic rings. The van der Waals surface area contributed by atoms with E-state index >= 15 is 0 Å². The Morgan fingerprint density at radius 1 is 1.07 bits per heavy atom. The third kappa shape index (κ3) is 2.92. The minimum absolute atomic E-state index is 0.0156. The summed E-state index contributed by atoms with van der Waals surface area (Å²) >= 11 is 0. The second-order valence-electron chi connectivity index (χ2n) is 8.43. The summed E-state index contributed by atoms with van der Waals surface area (Å²) in [5, 5.41) is 4.47. The number of rotatable bonds is 5. The second-order valence-corrected chi connectivity index (χ2v) is 8.43. The van der Waals surface area contributed by atoms with E-state index in [1.165, 1.54) is 22.9 Å². The molecule has 1 amide bonds. The fourth-order valence-electron chi connectivity index (χ4n) is 5.52. The van der Waals surface area contributed by atoms with E-state index in [0.717, 1.165) is 18.4 Å². The molecular weight excluding hydrogens is 346 g/mol. The average molecular weight is 374 g/mol. The summed E-state index contributed by atoms with van der Waals surface area (Å²) in [6.45, 7) is 0.589. The number of nitrogens with two attached hydrogens (primary N) is 1. The van der Waals surface area contributed by atoms with E-state index < -0.39 is 0 Å². The minimum atomic E-state index is -0.0156. The van der Waals surface area contributed by atoms with Gasteiger partial charge < -0.3 is 16.0 Å². The number of hydrogen-bond acceptors (Lipinski definition) is 2. The van der Waals surface area contributed by atoms with Crippen molar-refractivity contribution >= 4 is 16.8 Å². The first-order valence-corrected chi connectivity index (χ1v) is 10.4. The lowest BCUT2D eigenvalue weighted by Gasteiger charge is -2.28. The Morgan fingerprint density at radius 2 is 1.82 bits per heavy atom. The molecule has 4 heteroatoms. The Hall–Kier alpha value is -2.59. The molecule has 144 valence electrons. The van der Waals surface area contributed by atoms with Gasteiger partial charge in [0.25, 0.3) is 0 Å². The van der Waals surface area contributed by atoms with Gasteiger partial charge in [0.1, 0.15) is 0 Å². The highest BCUT2D eigenvalue weighted by Gasteiger charge is 2.49. The molecule has 0 spiro atoms. The van der Waals surface area contributed by atoms with Gasteiger partial charge in [-0.15, -0.1) is 0 Å². The predicted molar refractivity (Wildman–Crippen MR) is 112 cm³/mol. The molecule has 0 radical (unpaired) electrons. The first kappa shape index (κ1) is 17.5. The highest BCUT2D eigenvalue weighted by atomic mass is 16.1. The van der Waals surface area contributed by atoms with Crippen LogP contribution in [0.1, 0.15) is 36.3 Å². The van der Waals surface area contributed by atoms with Crippen LogP contribution in [0.4, 0.5) is 0 Å². The first-order chi connectivity index (χ1) is 13.7. The summed E-state index contributed by atoms with van der Waals surface area (Å²) in [6, 6.07) is 18.8. The third-order valence-corrected chi connectivity index (χ3v) is 6.96. The van der Waals surface area contributed by atoms with Gasteiger partial charge >= 0.3 is 0 Å². The molecule has 2 aliphatic carbocycles. The lowest BCUT2D eigenvalue weighted by Crippen LogP contribution is -2.46. The van der Waals surface area contributed by atoms with Gasteiger partial charge in [-0.05, 0) is 48.3 Å². The van der Waals surface area contributed by atoms with Gasteiger partial charge in [-0.25, -0.2) is 0 Å². The van der Waals surface area contributed by atoms with Crippen molar-refractivity contribution in [3.05, 3.63) is 71.9 Å². The topological polar surface area (TPSA) is 70.9 Å². The quantitative estimate of drug-likeness (QED) is 0.637. The molecule has 1 heterocycles. The molecule has 0 saturated heterocycles. The van der Waals surface area contributed by atoms with Gasteiger partial charge in [0.2, 0.25) is 5.91 Å². The number of aromatic amines is 1. The number of amides is 1. The molecule has 0 aliphatic heterocycles. The molecule has 2 aromatic carbocycles. The van der Waals surface area contributed by atoms with Crippen LogP contribution in [0.2, 0.25) is 0 Å². The van der Waals surface area contributed by atoms with Gasteiger partial charge in [0.05, 0.1) is 5.92 Å². The van der Waals surface area contributed by atoms with Gasteiger partial charge in [-0.2, -0.15) is 0 Å². The molecule has 2 fully saturated rings. The largest absolute Gasteiger partial charge is 0.361 e. The van der Waals surface area contributed by atoms with Crippen LogP contribution in [0, 0.1) is 17.8 Å². The monoisotopic (exact) mass is 373 g/mol. The molecule has 28 heavy (non-hydrogen) atoms. The number of hydrogen-bond donors (Lipinski definition) is 3. The fourth-order valence-corrected chi connectivity index (χ4v) is 5.52. The lowest BCUT2D eigenvalue weighted by atomic mass is 9.84. The Morgan fingerprint density at radius 3 is 2.61 bits per heavy atom. The predicted octanol–water partition coefficient (Wildman–Crippen LogP) is 3.79. The smallest absolute Gasteiger partial charge is 0.225 e. The normalized spacial score (nSPS) is 27.2. The molecule has 4 N–H and O–H groups in total. The molecule has 5 unspecified atom stereocenters. The minimum Gasteiger partial charge on any atom is -0.361 e. The standard InChI is InChI=1S/C24H27N3O/c25-23-17-11-10-16(12-17)22(23)24(28)27-13-19(15-6-2-1-3-7-15)20-14-26-21-9-5-4-8-18(20)21/h1-9,14,16-17,19,22-23,26H,10-13,25H2,(H,27,28). The van der Waals surface area contributed by atoms with Crippen molar-refractivity contribution in [2.24, 2.45) is 23.5 Å². The van der Waals surface area contributed by atoms with Crippen molar-refractivity contribution in [3.63, 3.8) is 0 Å². The van der Waals surface area contributed by atoms with E-state index in [9.17, 15) is 4.79 Å². The Bertz CT molecular complexity index is 978. The molecule has 2 saturated carbocycles. The van der Waals surface area contributed by atoms with Crippen LogP contribution in [-0.4, -0.2) is 23.5 Å². The number of carbonyl (C=O) groups excluding carboxylic acids is 1. The fraction of sp³-hybridized carbons (Fsp3) is 0.375. The SMILES string of the molecule is NC1C2CCC(C2)C1C(=O)NCC(c1ccccc1)c1c[nH]c2ccccc12. The van der Waals surface area contributed by atoms with Crippen LogP contribution in [0.3, 0.4) is 0 Å². The van der Waals surface area contributed by atoms with E-state index in [1.54, 1.807) is 0 Å². The van der Waals surface area contributed by atoms with E-state index in [-0.39, 0.29) is 23.8 Å². The van der Waals surface area contributed by atoms with Crippen molar-refractivity contribution in [2.75, 3.05) is 6.54 Å². The summed E-state index contributed by atoms with van der Waals surface area (Å²) in [5.41, 5.74) is 9.95. The molecule has 5 atom stereocenters. The summed E-state index contributed by atoms with van der Waals surface area (Å²) < 4.78 is 0. The van der Waals surface area contributed by atoms with Crippen molar-refractivity contribution in [2.45, 2.75) is 31.2 Å². The second kappa shape index (κ2) is 7.10. The number of nitrogens with one attached hydrogen (secondary N) is 2. The van der Waals surface area contributed by atoms with Crippen molar-refractivity contribution in [3.8, 4) is 0 Å². The number of benzene rings is 2. The summed E-state index contributed by atoms with van der Waals surface area (Å²) in [5.74, 6) is 1.25. The molecular formula is C24H27N3O. The Labute approximate surface area is 165 Å². The summed E-state index contributed by atoms with van der Waals surface area (Å²) in [4.78, 5) is 16.4. The first-order valence-electron chi connectivity index (χ1n) is 10.4. The number of H-pyrrole nitrogens is 1. The Balaban J connectivity index is 1.41. The van der Waals surface area contributed by atoms with Gasteiger partial charge in [0, 0.05) is 35.6 Å². The number of fused-ring (bicyclic) bond motifs is 3. The van der Waals surface area contributed by atoms with Crippen molar-refractivity contribution in [1.29, 1.82) is 0 Å². The highest BCUT2D eigenvalue weighted by molar-refractivity contribution is 5.84. The van der Waals surface area contributed by atoms with Crippen LogP contribution in [0.25, 0.3) is 10.9 Å². The maximum atomic E-state index is 13.0. The number of carbonyl (C=O) groups is 1. The van der Waals surface area contributed by atoms with Crippen LogP contribution in [0.15, 0.2) is 60.8 Å². The van der Waals surface area contributed by atoms with Gasteiger partial charge in [0.15, 0.2) is 0 Å². The average Bonchev–Trinajstić information content (AvgIpc) is 3.44. The van der Waals surface area contributed by atoms with Gasteiger partial charge in [-0.3, -0.25) is 4.79 Å². The van der Waals surface area contributed by atoms with Crippen molar-refractivity contribution < 1.29 is 4.79 Å². The third-order valence-electron chi connectivity index (χ3n) is 6.96. The lowest BCUT2D eigenvalue weighted by molar-refractivity contribution is -0.127.